The van der Waals surface area contributed by atoms with Gasteiger partial charge in [-0.15, -0.1) is 0 Å². The standard InChI is InChI=1S/C14H24BrN3/c1-12(2)10-18(6-5-17(3)4)11-13-7-14(15)9-16-8-13/h7-9,12H,5-6,10-11H2,1-4H3. The molecule has 0 aliphatic carbocycles. The minimum Gasteiger partial charge on any atom is -0.308 e. The molecule has 0 aliphatic heterocycles. The first kappa shape index (κ1) is 15.6. The Labute approximate surface area is 119 Å². The molecule has 1 aromatic heterocycles. The minimum absolute atomic E-state index is 0.687. The van der Waals surface area contributed by atoms with Gasteiger partial charge in [-0.25, -0.2) is 0 Å². The van der Waals surface area contributed by atoms with E-state index in [1.54, 1.807) is 0 Å². The second-order valence-electron chi connectivity index (χ2n) is 5.44. The second-order valence-corrected chi connectivity index (χ2v) is 6.36. The first-order valence-corrected chi connectivity index (χ1v) is 7.23. The van der Waals surface area contributed by atoms with Crippen LogP contribution in [-0.2, 0) is 6.54 Å². The average Bonchev–Trinajstić information content (AvgIpc) is 2.25. The molecular formula is C14H24BrN3. The lowest BCUT2D eigenvalue weighted by Crippen LogP contribution is -2.34. The minimum atomic E-state index is 0.687. The van der Waals surface area contributed by atoms with Gasteiger partial charge in [-0.3, -0.25) is 9.88 Å². The normalized spacial score (nSPS) is 11.8. The van der Waals surface area contributed by atoms with E-state index in [-0.39, 0.29) is 0 Å². The molecule has 0 amide bonds. The molecule has 4 heteroatoms. The summed E-state index contributed by atoms with van der Waals surface area (Å²) in [5, 5.41) is 0. The summed E-state index contributed by atoms with van der Waals surface area (Å²) >= 11 is 3.48. The number of halogens is 1. The Bertz CT molecular complexity index is 353. The zero-order chi connectivity index (χ0) is 13.5. The molecule has 0 fully saturated rings. The van der Waals surface area contributed by atoms with Gasteiger partial charge in [0.1, 0.15) is 0 Å². The summed E-state index contributed by atoms with van der Waals surface area (Å²) in [5.41, 5.74) is 1.27. The van der Waals surface area contributed by atoms with Crippen molar-refractivity contribution in [1.82, 2.24) is 14.8 Å². The van der Waals surface area contributed by atoms with Crippen molar-refractivity contribution in [3.8, 4) is 0 Å². The molecule has 1 heterocycles. The van der Waals surface area contributed by atoms with Crippen LogP contribution in [0, 0.1) is 5.92 Å². The smallest absolute Gasteiger partial charge is 0.0410 e. The molecule has 0 bridgehead atoms. The predicted octanol–water partition coefficient (Wildman–Crippen LogP) is 2.86. The monoisotopic (exact) mass is 313 g/mol. The Balaban J connectivity index is 2.59. The van der Waals surface area contributed by atoms with Crippen molar-refractivity contribution in [2.45, 2.75) is 20.4 Å². The number of likely N-dealkylation sites (N-methyl/N-ethyl adjacent to an activating group) is 1. The molecule has 18 heavy (non-hydrogen) atoms. The molecule has 0 atom stereocenters. The summed E-state index contributed by atoms with van der Waals surface area (Å²) in [6.45, 7) is 8.81. The maximum absolute atomic E-state index is 4.23. The fraction of sp³-hybridized carbons (Fsp3) is 0.643. The molecule has 1 aromatic rings. The first-order valence-electron chi connectivity index (χ1n) is 6.44. The topological polar surface area (TPSA) is 19.4 Å². The maximum Gasteiger partial charge on any atom is 0.0410 e. The lowest BCUT2D eigenvalue weighted by Gasteiger charge is -2.25. The highest BCUT2D eigenvalue weighted by atomic mass is 79.9. The van der Waals surface area contributed by atoms with Crippen LogP contribution >= 0.6 is 15.9 Å². The van der Waals surface area contributed by atoms with E-state index >= 15 is 0 Å². The lowest BCUT2D eigenvalue weighted by atomic mass is 10.2. The number of rotatable bonds is 7. The zero-order valence-corrected chi connectivity index (χ0v) is 13.4. The Morgan fingerprint density at radius 2 is 1.94 bits per heavy atom. The van der Waals surface area contributed by atoms with Crippen molar-refractivity contribution in [3.05, 3.63) is 28.5 Å². The molecule has 0 unspecified atom stereocenters. The van der Waals surface area contributed by atoms with E-state index in [4.69, 9.17) is 0 Å². The van der Waals surface area contributed by atoms with Gasteiger partial charge in [0.25, 0.3) is 0 Å². The largest absolute Gasteiger partial charge is 0.308 e. The van der Waals surface area contributed by atoms with Gasteiger partial charge < -0.3 is 4.90 Å². The lowest BCUT2D eigenvalue weighted by molar-refractivity contribution is 0.211. The van der Waals surface area contributed by atoms with E-state index in [0.29, 0.717) is 5.92 Å². The molecule has 0 saturated heterocycles. The van der Waals surface area contributed by atoms with Crippen LogP contribution in [-0.4, -0.2) is 48.5 Å². The van der Waals surface area contributed by atoms with Crippen LogP contribution < -0.4 is 0 Å². The van der Waals surface area contributed by atoms with Crippen LogP contribution in [0.3, 0.4) is 0 Å². The van der Waals surface area contributed by atoms with Crippen molar-refractivity contribution in [1.29, 1.82) is 0 Å². The molecule has 102 valence electrons. The molecule has 0 aromatic carbocycles. The number of pyridine rings is 1. The predicted molar refractivity (Wildman–Crippen MR) is 80.6 cm³/mol. The summed E-state index contributed by atoms with van der Waals surface area (Å²) in [6, 6.07) is 2.15. The van der Waals surface area contributed by atoms with Crippen LogP contribution in [0.25, 0.3) is 0 Å². The molecule has 0 radical (unpaired) electrons. The highest BCUT2D eigenvalue weighted by Gasteiger charge is 2.09. The third-order valence-corrected chi connectivity index (χ3v) is 3.09. The number of aromatic nitrogens is 1. The van der Waals surface area contributed by atoms with Crippen LogP contribution in [0.1, 0.15) is 19.4 Å². The van der Waals surface area contributed by atoms with Crippen molar-refractivity contribution in [2.24, 2.45) is 5.92 Å². The van der Waals surface area contributed by atoms with Gasteiger partial charge in [0.05, 0.1) is 0 Å². The summed E-state index contributed by atoms with van der Waals surface area (Å²) in [6.07, 6.45) is 3.78. The highest BCUT2D eigenvalue weighted by molar-refractivity contribution is 9.10. The van der Waals surface area contributed by atoms with Crippen molar-refractivity contribution >= 4 is 15.9 Å². The Hall–Kier alpha value is -0.450. The number of nitrogens with zero attached hydrogens (tertiary/aromatic N) is 3. The van der Waals surface area contributed by atoms with E-state index in [0.717, 1.165) is 30.7 Å². The van der Waals surface area contributed by atoms with E-state index in [9.17, 15) is 0 Å². The second kappa shape index (κ2) is 7.87. The van der Waals surface area contributed by atoms with E-state index in [1.807, 2.05) is 12.4 Å². The number of hydrogen-bond donors (Lipinski definition) is 0. The SMILES string of the molecule is CC(C)CN(CCN(C)C)Cc1cncc(Br)c1. The summed E-state index contributed by atoms with van der Waals surface area (Å²) in [7, 11) is 4.24. The third kappa shape index (κ3) is 6.47. The Morgan fingerprint density at radius 1 is 1.22 bits per heavy atom. The fourth-order valence-electron chi connectivity index (χ4n) is 1.89. The van der Waals surface area contributed by atoms with Gasteiger partial charge in [-0.2, -0.15) is 0 Å². The van der Waals surface area contributed by atoms with E-state index < -0.39 is 0 Å². The van der Waals surface area contributed by atoms with Crippen LogP contribution in [0.15, 0.2) is 22.9 Å². The van der Waals surface area contributed by atoms with E-state index in [2.05, 4.69) is 64.7 Å². The number of hydrogen-bond acceptors (Lipinski definition) is 3. The first-order chi connectivity index (χ1) is 8.47. The molecule has 0 spiro atoms. The third-order valence-electron chi connectivity index (χ3n) is 2.65. The van der Waals surface area contributed by atoms with Crippen LogP contribution in [0.2, 0.25) is 0 Å². The van der Waals surface area contributed by atoms with Gasteiger partial charge in [0, 0.05) is 43.0 Å². The summed E-state index contributed by atoms with van der Waals surface area (Å²) in [4.78, 5) is 8.95. The van der Waals surface area contributed by atoms with Gasteiger partial charge in [-0.1, -0.05) is 13.8 Å². The summed E-state index contributed by atoms with van der Waals surface area (Å²) in [5.74, 6) is 0.687. The highest BCUT2D eigenvalue weighted by Crippen LogP contribution is 2.12. The van der Waals surface area contributed by atoms with Gasteiger partial charge in [0.2, 0.25) is 0 Å². The van der Waals surface area contributed by atoms with Crippen molar-refractivity contribution in [3.63, 3.8) is 0 Å². The van der Waals surface area contributed by atoms with E-state index in [1.165, 1.54) is 5.56 Å². The Morgan fingerprint density at radius 3 is 2.50 bits per heavy atom. The molecule has 0 saturated carbocycles. The van der Waals surface area contributed by atoms with Crippen LogP contribution in [0.5, 0.6) is 0 Å². The van der Waals surface area contributed by atoms with Gasteiger partial charge in [-0.05, 0) is 47.6 Å². The molecule has 0 N–H and O–H groups in total. The molecule has 1 rings (SSSR count). The van der Waals surface area contributed by atoms with Gasteiger partial charge in [0.15, 0.2) is 0 Å². The van der Waals surface area contributed by atoms with Gasteiger partial charge >= 0.3 is 0 Å². The zero-order valence-electron chi connectivity index (χ0n) is 11.9. The summed E-state index contributed by atoms with van der Waals surface area (Å²) < 4.78 is 1.05. The Kier molecular flexibility index (Phi) is 6.82. The van der Waals surface area contributed by atoms with Crippen molar-refractivity contribution in [2.75, 3.05) is 33.7 Å². The molecular weight excluding hydrogens is 290 g/mol. The molecule has 0 aliphatic rings. The average molecular weight is 314 g/mol. The van der Waals surface area contributed by atoms with Crippen LogP contribution in [0.4, 0.5) is 0 Å². The quantitative estimate of drug-likeness (QED) is 0.771. The van der Waals surface area contributed by atoms with Crippen molar-refractivity contribution < 1.29 is 0 Å². The fourth-order valence-corrected chi connectivity index (χ4v) is 2.31. The maximum atomic E-state index is 4.23. The molecule has 3 nitrogen and oxygen atoms in total.